The molecule has 0 radical (unpaired) electrons. The minimum absolute atomic E-state index is 0.590. The Balaban J connectivity index is 2.41. The zero-order chi connectivity index (χ0) is 10.8. The SMILES string of the molecule is Cc1ccncc1C(O)c1sccc1Br. The molecule has 0 spiro atoms. The van der Waals surface area contributed by atoms with Crippen LogP contribution >= 0.6 is 27.3 Å². The molecule has 4 heteroatoms. The number of aliphatic hydroxyl groups is 1. The number of nitrogens with zero attached hydrogens (tertiary/aromatic N) is 1. The number of halogens is 1. The van der Waals surface area contributed by atoms with Crippen LogP contribution in [0.25, 0.3) is 0 Å². The quantitative estimate of drug-likeness (QED) is 0.918. The summed E-state index contributed by atoms with van der Waals surface area (Å²) >= 11 is 4.96. The van der Waals surface area contributed by atoms with E-state index in [2.05, 4.69) is 20.9 Å². The lowest BCUT2D eigenvalue weighted by molar-refractivity contribution is 0.222. The Morgan fingerprint density at radius 1 is 1.47 bits per heavy atom. The molecule has 0 fully saturated rings. The smallest absolute Gasteiger partial charge is 0.116 e. The van der Waals surface area contributed by atoms with Crippen LogP contribution in [0.1, 0.15) is 22.1 Å². The topological polar surface area (TPSA) is 33.1 Å². The van der Waals surface area contributed by atoms with Gasteiger partial charge < -0.3 is 5.11 Å². The van der Waals surface area contributed by atoms with Crippen molar-refractivity contribution in [2.45, 2.75) is 13.0 Å². The molecule has 2 rings (SSSR count). The Hall–Kier alpha value is -0.710. The highest BCUT2D eigenvalue weighted by atomic mass is 79.9. The molecule has 2 aromatic heterocycles. The molecule has 1 N–H and O–H groups in total. The highest BCUT2D eigenvalue weighted by Gasteiger charge is 2.16. The van der Waals surface area contributed by atoms with Crippen LogP contribution in [0.2, 0.25) is 0 Å². The van der Waals surface area contributed by atoms with Crippen LogP contribution in [0, 0.1) is 6.92 Å². The molecule has 2 heterocycles. The molecule has 1 atom stereocenters. The Kier molecular flexibility index (Phi) is 3.19. The molecule has 0 saturated heterocycles. The maximum atomic E-state index is 10.2. The Morgan fingerprint density at radius 2 is 2.27 bits per heavy atom. The van der Waals surface area contributed by atoms with Gasteiger partial charge in [-0.05, 0) is 45.9 Å². The summed E-state index contributed by atoms with van der Waals surface area (Å²) in [5, 5.41) is 12.1. The lowest BCUT2D eigenvalue weighted by atomic mass is 10.1. The highest BCUT2D eigenvalue weighted by Crippen LogP contribution is 2.33. The van der Waals surface area contributed by atoms with E-state index < -0.39 is 6.10 Å². The average Bonchev–Trinajstić information content (AvgIpc) is 2.64. The molecule has 0 aliphatic heterocycles. The molecular weight excluding hydrogens is 274 g/mol. The van der Waals surface area contributed by atoms with Gasteiger partial charge in [-0.2, -0.15) is 0 Å². The second-order valence-corrected chi connectivity index (χ2v) is 5.07. The number of pyridine rings is 1. The average molecular weight is 284 g/mol. The van der Waals surface area contributed by atoms with Gasteiger partial charge in [0, 0.05) is 22.4 Å². The van der Waals surface area contributed by atoms with Gasteiger partial charge in [0.15, 0.2) is 0 Å². The fourth-order valence-electron chi connectivity index (χ4n) is 1.40. The zero-order valence-electron chi connectivity index (χ0n) is 8.14. The van der Waals surface area contributed by atoms with E-state index in [1.807, 2.05) is 24.4 Å². The number of aliphatic hydroxyl groups excluding tert-OH is 1. The van der Waals surface area contributed by atoms with E-state index in [0.717, 1.165) is 20.5 Å². The molecule has 1 unspecified atom stereocenters. The predicted molar refractivity (Wildman–Crippen MR) is 65.1 cm³/mol. The van der Waals surface area contributed by atoms with Crippen LogP contribution < -0.4 is 0 Å². The summed E-state index contributed by atoms with van der Waals surface area (Å²) in [5.41, 5.74) is 1.92. The second-order valence-electron chi connectivity index (χ2n) is 3.27. The summed E-state index contributed by atoms with van der Waals surface area (Å²) in [5.74, 6) is 0. The van der Waals surface area contributed by atoms with Gasteiger partial charge in [-0.1, -0.05) is 0 Å². The summed E-state index contributed by atoms with van der Waals surface area (Å²) in [6, 6.07) is 3.84. The van der Waals surface area contributed by atoms with E-state index in [1.54, 1.807) is 12.4 Å². The first-order valence-corrected chi connectivity index (χ1v) is 6.19. The van der Waals surface area contributed by atoms with Crippen LogP contribution in [0.3, 0.4) is 0 Å². The van der Waals surface area contributed by atoms with Crippen LogP contribution in [0.15, 0.2) is 34.4 Å². The summed E-state index contributed by atoms with van der Waals surface area (Å²) < 4.78 is 0.947. The predicted octanol–water partition coefficient (Wildman–Crippen LogP) is 3.30. The van der Waals surface area contributed by atoms with Gasteiger partial charge in [-0.25, -0.2) is 0 Å². The van der Waals surface area contributed by atoms with E-state index in [0.29, 0.717) is 0 Å². The molecule has 2 nitrogen and oxygen atoms in total. The molecule has 0 aromatic carbocycles. The summed E-state index contributed by atoms with van der Waals surface area (Å²) in [6.07, 6.45) is 2.86. The Bertz CT molecular complexity index is 469. The molecule has 15 heavy (non-hydrogen) atoms. The van der Waals surface area contributed by atoms with Gasteiger partial charge in [-0.3, -0.25) is 4.98 Å². The van der Waals surface area contributed by atoms with Gasteiger partial charge in [0.2, 0.25) is 0 Å². The maximum absolute atomic E-state index is 10.2. The van der Waals surface area contributed by atoms with Crippen molar-refractivity contribution in [3.05, 3.63) is 50.4 Å². The van der Waals surface area contributed by atoms with E-state index in [1.165, 1.54) is 11.3 Å². The van der Waals surface area contributed by atoms with Gasteiger partial charge in [0.1, 0.15) is 6.10 Å². The number of hydrogen-bond acceptors (Lipinski definition) is 3. The van der Waals surface area contributed by atoms with Gasteiger partial charge in [0.05, 0.1) is 4.88 Å². The molecule has 0 aliphatic rings. The lowest BCUT2D eigenvalue weighted by Crippen LogP contribution is -2.01. The molecule has 0 bridgehead atoms. The Morgan fingerprint density at radius 3 is 2.87 bits per heavy atom. The fraction of sp³-hybridized carbons (Fsp3) is 0.182. The first-order chi connectivity index (χ1) is 7.20. The minimum atomic E-state index is -0.590. The largest absolute Gasteiger partial charge is 0.383 e. The zero-order valence-corrected chi connectivity index (χ0v) is 10.5. The van der Waals surface area contributed by atoms with Crippen molar-refractivity contribution in [3.63, 3.8) is 0 Å². The monoisotopic (exact) mass is 283 g/mol. The van der Waals surface area contributed by atoms with Crippen LogP contribution in [-0.4, -0.2) is 10.1 Å². The third kappa shape index (κ3) is 2.12. The normalized spacial score (nSPS) is 12.7. The first-order valence-electron chi connectivity index (χ1n) is 4.51. The number of rotatable bonds is 2. The highest BCUT2D eigenvalue weighted by molar-refractivity contribution is 9.10. The van der Waals surface area contributed by atoms with Crippen molar-refractivity contribution in [1.82, 2.24) is 4.98 Å². The van der Waals surface area contributed by atoms with Crippen LogP contribution in [-0.2, 0) is 0 Å². The van der Waals surface area contributed by atoms with Crippen molar-refractivity contribution < 1.29 is 5.11 Å². The summed E-state index contributed by atoms with van der Waals surface area (Å²) in [7, 11) is 0. The third-order valence-corrected chi connectivity index (χ3v) is 4.19. The minimum Gasteiger partial charge on any atom is -0.383 e. The van der Waals surface area contributed by atoms with Crippen LogP contribution in [0.5, 0.6) is 0 Å². The van der Waals surface area contributed by atoms with Gasteiger partial charge >= 0.3 is 0 Å². The summed E-state index contributed by atoms with van der Waals surface area (Å²) in [6.45, 7) is 1.97. The van der Waals surface area contributed by atoms with E-state index in [9.17, 15) is 5.11 Å². The van der Waals surface area contributed by atoms with E-state index in [4.69, 9.17) is 0 Å². The Labute approximate surface area is 101 Å². The van der Waals surface area contributed by atoms with Gasteiger partial charge in [-0.15, -0.1) is 11.3 Å². The molecule has 0 amide bonds. The standard InChI is InChI=1S/C11H10BrNOS/c1-7-2-4-13-6-8(7)10(14)11-9(12)3-5-15-11/h2-6,10,14H,1H3. The van der Waals surface area contributed by atoms with Crippen molar-refractivity contribution in [3.8, 4) is 0 Å². The molecule has 0 saturated carbocycles. The summed E-state index contributed by atoms with van der Waals surface area (Å²) in [4.78, 5) is 4.96. The second kappa shape index (κ2) is 4.43. The number of hydrogen-bond donors (Lipinski definition) is 1. The number of aryl methyl sites for hydroxylation is 1. The van der Waals surface area contributed by atoms with E-state index >= 15 is 0 Å². The number of aromatic nitrogens is 1. The fourth-order valence-corrected chi connectivity index (χ4v) is 3.00. The maximum Gasteiger partial charge on any atom is 0.116 e. The molecular formula is C11H10BrNOS. The lowest BCUT2D eigenvalue weighted by Gasteiger charge is -2.11. The molecule has 0 aliphatic carbocycles. The van der Waals surface area contributed by atoms with Crippen LogP contribution in [0.4, 0.5) is 0 Å². The molecule has 2 aromatic rings. The van der Waals surface area contributed by atoms with Crippen molar-refractivity contribution in [1.29, 1.82) is 0 Å². The first kappa shape index (κ1) is 10.8. The molecule has 78 valence electrons. The van der Waals surface area contributed by atoms with Crippen molar-refractivity contribution in [2.24, 2.45) is 0 Å². The van der Waals surface area contributed by atoms with Gasteiger partial charge in [0.25, 0.3) is 0 Å². The number of thiophene rings is 1. The third-order valence-electron chi connectivity index (χ3n) is 2.27. The van der Waals surface area contributed by atoms with Crippen molar-refractivity contribution >= 4 is 27.3 Å². The van der Waals surface area contributed by atoms with Crippen molar-refractivity contribution in [2.75, 3.05) is 0 Å². The van der Waals surface area contributed by atoms with E-state index in [-0.39, 0.29) is 0 Å².